The van der Waals surface area contributed by atoms with Gasteiger partial charge in [-0.1, -0.05) is 6.07 Å². The second-order valence-corrected chi connectivity index (χ2v) is 5.00. The van der Waals surface area contributed by atoms with E-state index >= 15 is 0 Å². The summed E-state index contributed by atoms with van der Waals surface area (Å²) in [5.41, 5.74) is 1.22. The molecule has 0 saturated carbocycles. The summed E-state index contributed by atoms with van der Waals surface area (Å²) in [5, 5.41) is 8.23. The highest BCUT2D eigenvalue weighted by molar-refractivity contribution is 5.92. The van der Waals surface area contributed by atoms with E-state index in [1.807, 2.05) is 6.92 Å². The number of anilines is 2. The predicted molar refractivity (Wildman–Crippen MR) is 82.9 cm³/mol. The molecule has 7 nitrogen and oxygen atoms in total. The second kappa shape index (κ2) is 7.77. The van der Waals surface area contributed by atoms with Crippen LogP contribution in [0.4, 0.5) is 16.2 Å². The molecule has 0 bridgehead atoms. The van der Waals surface area contributed by atoms with Crippen LogP contribution >= 0.6 is 0 Å². The number of rotatable bonds is 5. The van der Waals surface area contributed by atoms with Gasteiger partial charge in [-0.25, -0.2) is 4.79 Å². The van der Waals surface area contributed by atoms with Gasteiger partial charge in [0.2, 0.25) is 5.91 Å². The molecule has 2 atom stereocenters. The van der Waals surface area contributed by atoms with Crippen molar-refractivity contribution in [1.29, 1.82) is 0 Å². The number of hydrogen-bond acceptors (Lipinski definition) is 4. The molecule has 1 aliphatic heterocycles. The maximum atomic E-state index is 12.0. The molecule has 1 fully saturated rings. The van der Waals surface area contributed by atoms with E-state index in [2.05, 4.69) is 16.0 Å². The van der Waals surface area contributed by atoms with Crippen LogP contribution in [-0.2, 0) is 14.3 Å². The molecular weight excluding hydrogens is 286 g/mol. The van der Waals surface area contributed by atoms with E-state index in [1.54, 1.807) is 24.3 Å². The molecule has 1 heterocycles. The van der Waals surface area contributed by atoms with Crippen molar-refractivity contribution in [3.8, 4) is 0 Å². The summed E-state index contributed by atoms with van der Waals surface area (Å²) in [6.45, 7) is 4.83. The first-order valence-corrected chi connectivity index (χ1v) is 7.23. The van der Waals surface area contributed by atoms with Gasteiger partial charge in [0.05, 0.1) is 19.3 Å². The lowest BCUT2D eigenvalue weighted by Gasteiger charge is -2.19. The maximum Gasteiger partial charge on any atom is 0.319 e. The van der Waals surface area contributed by atoms with Crippen molar-refractivity contribution >= 4 is 23.3 Å². The first-order chi connectivity index (χ1) is 10.6. The maximum absolute atomic E-state index is 12.0. The van der Waals surface area contributed by atoms with Crippen molar-refractivity contribution in [2.24, 2.45) is 0 Å². The smallest absolute Gasteiger partial charge is 0.319 e. The molecule has 22 heavy (non-hydrogen) atoms. The van der Waals surface area contributed by atoms with Crippen LogP contribution in [0.3, 0.4) is 0 Å². The predicted octanol–water partition coefficient (Wildman–Crippen LogP) is 1.57. The molecule has 3 amide bonds. The normalized spacial score (nSPS) is 20.5. The molecule has 0 aliphatic carbocycles. The summed E-state index contributed by atoms with van der Waals surface area (Å²) >= 11 is 0. The average molecular weight is 307 g/mol. The zero-order valence-electron chi connectivity index (χ0n) is 12.7. The average Bonchev–Trinajstić information content (AvgIpc) is 2.86. The molecular formula is C15H21N3O4. The molecule has 0 unspecified atom stereocenters. The summed E-state index contributed by atoms with van der Waals surface area (Å²) in [7, 11) is 0. The lowest BCUT2D eigenvalue weighted by molar-refractivity contribution is -0.114. The standard InChI is InChI=1S/C15H21N3O4/c1-3-22-14-9-21-8-13(14)18-15(20)17-12-6-4-5-11(7-12)16-10(2)19/h4-7,13-14H,3,8-9H2,1-2H3,(H,16,19)(H2,17,18,20)/t13-,14-/m1/s1. The van der Waals surface area contributed by atoms with E-state index in [0.29, 0.717) is 31.2 Å². The van der Waals surface area contributed by atoms with Crippen LogP contribution in [0.2, 0.25) is 0 Å². The van der Waals surface area contributed by atoms with E-state index < -0.39 is 0 Å². The van der Waals surface area contributed by atoms with Crippen molar-refractivity contribution in [2.75, 3.05) is 30.5 Å². The van der Waals surface area contributed by atoms with Crippen LogP contribution < -0.4 is 16.0 Å². The monoisotopic (exact) mass is 307 g/mol. The van der Waals surface area contributed by atoms with Crippen LogP contribution in [0.15, 0.2) is 24.3 Å². The van der Waals surface area contributed by atoms with Gasteiger partial charge in [-0.05, 0) is 25.1 Å². The Morgan fingerprint density at radius 1 is 1.27 bits per heavy atom. The second-order valence-electron chi connectivity index (χ2n) is 5.00. The molecule has 3 N–H and O–H groups in total. The highest BCUT2D eigenvalue weighted by Gasteiger charge is 2.29. The molecule has 120 valence electrons. The summed E-state index contributed by atoms with van der Waals surface area (Å²) < 4.78 is 10.8. The number of carbonyl (C=O) groups is 2. The highest BCUT2D eigenvalue weighted by atomic mass is 16.5. The summed E-state index contributed by atoms with van der Waals surface area (Å²) in [5.74, 6) is -0.163. The lowest BCUT2D eigenvalue weighted by Crippen LogP contribution is -2.45. The molecule has 0 aromatic heterocycles. The third kappa shape index (κ3) is 4.71. The van der Waals surface area contributed by atoms with Crippen molar-refractivity contribution in [3.63, 3.8) is 0 Å². The minimum absolute atomic E-state index is 0.124. The molecule has 1 aromatic rings. The zero-order valence-corrected chi connectivity index (χ0v) is 12.7. The van der Waals surface area contributed by atoms with Gasteiger partial charge in [0.1, 0.15) is 6.10 Å². The summed E-state index contributed by atoms with van der Waals surface area (Å²) in [6.07, 6.45) is -0.124. The molecule has 1 saturated heterocycles. The number of benzene rings is 1. The molecule has 7 heteroatoms. The molecule has 0 spiro atoms. The fourth-order valence-electron chi connectivity index (χ4n) is 2.26. The minimum Gasteiger partial charge on any atom is -0.376 e. The number of urea groups is 1. The number of ether oxygens (including phenoxy) is 2. The fourth-order valence-corrected chi connectivity index (χ4v) is 2.26. The number of hydrogen-bond donors (Lipinski definition) is 3. The van der Waals surface area contributed by atoms with Gasteiger partial charge in [0.15, 0.2) is 0 Å². The lowest BCUT2D eigenvalue weighted by atomic mass is 10.2. The number of nitrogens with one attached hydrogen (secondary N) is 3. The quantitative estimate of drug-likeness (QED) is 0.770. The molecule has 1 aromatic carbocycles. The topological polar surface area (TPSA) is 88.7 Å². The summed E-state index contributed by atoms with van der Waals surface area (Å²) in [6, 6.07) is 6.43. The van der Waals surface area contributed by atoms with Crippen LogP contribution in [0.1, 0.15) is 13.8 Å². The summed E-state index contributed by atoms with van der Waals surface area (Å²) in [4.78, 5) is 23.1. The molecule has 1 aliphatic rings. The van der Waals surface area contributed by atoms with Crippen LogP contribution in [0, 0.1) is 0 Å². The SMILES string of the molecule is CCO[C@@H]1COC[C@H]1NC(=O)Nc1cccc(NC(C)=O)c1. The van der Waals surface area contributed by atoms with E-state index in [9.17, 15) is 9.59 Å². The van der Waals surface area contributed by atoms with Gasteiger partial charge in [-0.2, -0.15) is 0 Å². The number of amides is 3. The van der Waals surface area contributed by atoms with Gasteiger partial charge in [0.25, 0.3) is 0 Å². The number of carbonyl (C=O) groups excluding carboxylic acids is 2. The third-order valence-corrected chi connectivity index (χ3v) is 3.17. The molecule has 2 rings (SSSR count). The van der Waals surface area contributed by atoms with E-state index in [0.717, 1.165) is 0 Å². The largest absolute Gasteiger partial charge is 0.376 e. The highest BCUT2D eigenvalue weighted by Crippen LogP contribution is 2.15. The van der Waals surface area contributed by atoms with Gasteiger partial charge in [-0.15, -0.1) is 0 Å². The Labute approximate surface area is 129 Å². The van der Waals surface area contributed by atoms with Crippen molar-refractivity contribution < 1.29 is 19.1 Å². The Kier molecular flexibility index (Phi) is 5.74. The first-order valence-electron chi connectivity index (χ1n) is 7.23. The Hall–Kier alpha value is -2.12. The Morgan fingerprint density at radius 2 is 2.00 bits per heavy atom. The van der Waals surface area contributed by atoms with E-state index in [1.165, 1.54) is 6.92 Å². The van der Waals surface area contributed by atoms with Crippen LogP contribution in [-0.4, -0.2) is 43.9 Å². The van der Waals surface area contributed by atoms with Crippen molar-refractivity contribution in [3.05, 3.63) is 24.3 Å². The Bertz CT molecular complexity index is 535. The first kappa shape index (κ1) is 16.3. The van der Waals surface area contributed by atoms with Crippen molar-refractivity contribution in [2.45, 2.75) is 26.0 Å². The molecule has 0 radical (unpaired) electrons. The van der Waals surface area contributed by atoms with Gasteiger partial charge < -0.3 is 25.4 Å². The Balaban J connectivity index is 1.90. The van der Waals surface area contributed by atoms with Gasteiger partial charge in [-0.3, -0.25) is 4.79 Å². The fraction of sp³-hybridized carbons (Fsp3) is 0.467. The van der Waals surface area contributed by atoms with Gasteiger partial charge in [0, 0.05) is 24.9 Å². The minimum atomic E-state index is -0.333. The van der Waals surface area contributed by atoms with Crippen LogP contribution in [0.25, 0.3) is 0 Å². The Morgan fingerprint density at radius 3 is 2.68 bits per heavy atom. The third-order valence-electron chi connectivity index (χ3n) is 3.17. The van der Waals surface area contributed by atoms with Crippen molar-refractivity contribution in [1.82, 2.24) is 5.32 Å². The van der Waals surface area contributed by atoms with Crippen LogP contribution in [0.5, 0.6) is 0 Å². The van der Waals surface area contributed by atoms with E-state index in [4.69, 9.17) is 9.47 Å². The van der Waals surface area contributed by atoms with E-state index in [-0.39, 0.29) is 24.1 Å². The zero-order chi connectivity index (χ0) is 15.9. The van der Waals surface area contributed by atoms with Gasteiger partial charge >= 0.3 is 6.03 Å².